The van der Waals surface area contributed by atoms with Crippen molar-refractivity contribution in [3.63, 3.8) is 0 Å². The van der Waals surface area contributed by atoms with Gasteiger partial charge in [-0.2, -0.15) is 35.1 Å². The van der Waals surface area contributed by atoms with E-state index in [2.05, 4.69) is 15.0 Å². The van der Waals surface area contributed by atoms with Crippen LogP contribution in [0.3, 0.4) is 0 Å². The van der Waals surface area contributed by atoms with Crippen molar-refractivity contribution in [1.29, 1.82) is 0 Å². The van der Waals surface area contributed by atoms with Crippen molar-refractivity contribution < 1.29 is 77.7 Å². The molecule has 3 aromatic rings. The van der Waals surface area contributed by atoms with Crippen LogP contribution in [0, 0.1) is 26.0 Å². The highest BCUT2D eigenvalue weighted by Gasteiger charge is 2.58. The average molecular weight is 1010 g/mol. The molecule has 0 saturated heterocycles. The summed E-state index contributed by atoms with van der Waals surface area (Å²) in [5.74, 6) is -6.08. The number of imidazole rings is 1. The summed E-state index contributed by atoms with van der Waals surface area (Å²) in [5.41, 5.74) is -5.39. The number of carbonyl (C=O) groups excluding carboxylic acids is 4. The molecule has 4 amide bonds. The fourth-order valence-electron chi connectivity index (χ4n) is 5.58. The predicted molar refractivity (Wildman–Crippen MR) is 207 cm³/mol. The first-order chi connectivity index (χ1) is 28.5. The van der Waals surface area contributed by atoms with E-state index < -0.39 is 115 Å². The Kier molecular flexibility index (Phi) is 17.0. The molecule has 3 rings (SSSR count). The maximum atomic E-state index is 15.8. The summed E-state index contributed by atoms with van der Waals surface area (Å²) in [6.45, 7) is -3.08. The Bertz CT molecular complexity index is 2030. The second-order valence-corrected chi connectivity index (χ2v) is 16.1. The summed E-state index contributed by atoms with van der Waals surface area (Å²) >= 11 is 1.95. The van der Waals surface area contributed by atoms with Crippen molar-refractivity contribution in [1.82, 2.24) is 35.9 Å². The number of aromatic nitrogens is 2. The van der Waals surface area contributed by atoms with Gasteiger partial charge in [-0.25, -0.2) is 28.4 Å². The molecule has 0 aliphatic carbocycles. The van der Waals surface area contributed by atoms with Crippen molar-refractivity contribution in [2.75, 3.05) is 20.7 Å². The molecule has 0 spiro atoms. The summed E-state index contributed by atoms with van der Waals surface area (Å²) < 4.78 is 154. The molecule has 344 valence electrons. The second-order valence-electron chi connectivity index (χ2n) is 14.8. The lowest BCUT2D eigenvalue weighted by Gasteiger charge is -2.38. The van der Waals surface area contributed by atoms with Crippen LogP contribution in [0.15, 0.2) is 48.9 Å². The van der Waals surface area contributed by atoms with Gasteiger partial charge in [-0.05, 0) is 86.5 Å². The van der Waals surface area contributed by atoms with E-state index in [9.17, 15) is 59.4 Å². The minimum atomic E-state index is -5.20. The minimum Gasteiger partial charge on any atom is -0.453 e. The fourth-order valence-corrected chi connectivity index (χ4v) is 5.94. The highest BCUT2D eigenvalue weighted by atomic mass is 127. The van der Waals surface area contributed by atoms with Gasteiger partial charge in [0.05, 0.1) is 36.7 Å². The zero-order valence-electron chi connectivity index (χ0n) is 33.5. The van der Waals surface area contributed by atoms with Crippen LogP contribution < -0.4 is 21.4 Å². The van der Waals surface area contributed by atoms with Gasteiger partial charge >= 0.3 is 31.1 Å². The van der Waals surface area contributed by atoms with Crippen molar-refractivity contribution in [3.05, 3.63) is 75.3 Å². The lowest BCUT2D eigenvalue weighted by molar-refractivity contribution is -0.239. The topological polar surface area (TPSA) is 176 Å². The number of ether oxygens (including phenoxy) is 2. The SMILES string of the molecule is CNC(=O)O[C@H](C(=O)N[C@@H](Cc1ccc(I)cc1)[C@@H](O)CN(Cc1c(F)cc(-c2cn(C(F)F)cn2)cc1F)NC(=O)[C@@H](NC(=O)OC)C(C)(C)C(F)(F)F)C(C)(C)C(F)(F)F. The molecule has 0 aliphatic rings. The molecule has 0 saturated carbocycles. The van der Waals surface area contributed by atoms with E-state index >= 15 is 8.78 Å². The summed E-state index contributed by atoms with van der Waals surface area (Å²) in [7, 11) is 1.79. The summed E-state index contributed by atoms with van der Waals surface area (Å²) in [4.78, 5) is 55.4. The third-order valence-electron chi connectivity index (χ3n) is 9.66. The van der Waals surface area contributed by atoms with Crippen LogP contribution in [0.2, 0.25) is 0 Å². The first kappa shape index (κ1) is 51.4. The second kappa shape index (κ2) is 20.5. The number of alkyl halides is 8. The van der Waals surface area contributed by atoms with E-state index in [1.54, 1.807) is 17.4 Å². The summed E-state index contributed by atoms with van der Waals surface area (Å²) in [6.07, 6.45) is -17.0. The van der Waals surface area contributed by atoms with Gasteiger partial charge < -0.3 is 30.5 Å². The van der Waals surface area contributed by atoms with E-state index in [0.29, 0.717) is 64.9 Å². The van der Waals surface area contributed by atoms with E-state index in [-0.39, 0.29) is 11.3 Å². The number of carbonyl (C=O) groups is 4. The number of rotatable bonds is 17. The Morgan fingerprint density at radius 3 is 1.94 bits per heavy atom. The highest BCUT2D eigenvalue weighted by molar-refractivity contribution is 14.1. The number of aliphatic hydroxyl groups excluding tert-OH is 1. The lowest BCUT2D eigenvalue weighted by Crippen LogP contribution is -2.62. The number of hydrogen-bond acceptors (Lipinski definition) is 9. The zero-order valence-corrected chi connectivity index (χ0v) is 35.7. The first-order valence-electron chi connectivity index (χ1n) is 18.0. The number of amides is 4. The van der Waals surface area contributed by atoms with Crippen LogP contribution in [0.4, 0.5) is 53.5 Å². The Hall–Kier alpha value is -4.92. The summed E-state index contributed by atoms with van der Waals surface area (Å²) in [6, 6.07) is 3.26. The van der Waals surface area contributed by atoms with Gasteiger partial charge in [0.2, 0.25) is 0 Å². The van der Waals surface area contributed by atoms with Crippen molar-refractivity contribution in [2.24, 2.45) is 10.8 Å². The average Bonchev–Trinajstić information content (AvgIpc) is 3.67. The van der Waals surface area contributed by atoms with E-state index in [4.69, 9.17) is 4.74 Å². The molecule has 0 bridgehead atoms. The molecule has 0 radical (unpaired) electrons. The van der Waals surface area contributed by atoms with E-state index in [0.717, 1.165) is 20.4 Å². The van der Waals surface area contributed by atoms with Gasteiger partial charge in [-0.1, -0.05) is 12.1 Å². The molecule has 1 heterocycles. The number of nitrogens with zero attached hydrogens (tertiary/aromatic N) is 3. The number of nitrogens with one attached hydrogen (secondary N) is 4. The molecule has 0 aliphatic heterocycles. The molecule has 0 unspecified atom stereocenters. The van der Waals surface area contributed by atoms with Crippen LogP contribution in [-0.4, -0.2) is 101 Å². The van der Waals surface area contributed by atoms with Crippen molar-refractivity contribution >= 4 is 46.6 Å². The number of hydrogen-bond donors (Lipinski definition) is 5. The molecule has 1 aromatic heterocycles. The van der Waals surface area contributed by atoms with Gasteiger partial charge in [0.1, 0.15) is 23.1 Å². The molecule has 62 heavy (non-hydrogen) atoms. The molecular weight excluding hydrogens is 971 g/mol. The quantitative estimate of drug-likeness (QED) is 0.0585. The van der Waals surface area contributed by atoms with E-state index in [1.807, 2.05) is 33.3 Å². The Morgan fingerprint density at radius 2 is 1.45 bits per heavy atom. The van der Waals surface area contributed by atoms with Crippen LogP contribution >= 0.6 is 22.6 Å². The standard InChI is InChI=1S/C37H42F10IN7O7/c1-34(2,36(42,43)44)27(52-33(60)61-6)29(57)53-55(14-21-22(38)12-19(13-23(21)39)25-15-54(17-50-25)31(40)41)16-26(56)24(11-18-7-9-20(48)10-8-18)51-30(58)28(62-32(59)49-5)35(3,4)37(45,46)47/h7-10,12-13,15,17,24,26-28,31,56H,11,14,16H2,1-6H3,(H,49,59)(H,51,58)(H,52,60)(H,53,57)/t24-,26-,27+,28+/m0/s1. The largest absolute Gasteiger partial charge is 0.453 e. The van der Waals surface area contributed by atoms with Crippen LogP contribution in [0.25, 0.3) is 11.3 Å². The predicted octanol–water partition coefficient (Wildman–Crippen LogP) is 6.38. The minimum absolute atomic E-state index is 0.303. The molecule has 0 fully saturated rings. The smallest absolute Gasteiger partial charge is 0.407 e. The third kappa shape index (κ3) is 12.8. The number of aliphatic hydroxyl groups is 1. The van der Waals surface area contributed by atoms with Gasteiger partial charge in [-0.3, -0.25) is 19.6 Å². The summed E-state index contributed by atoms with van der Waals surface area (Å²) in [5, 5.41) is 18.1. The molecule has 4 atom stereocenters. The van der Waals surface area contributed by atoms with Crippen LogP contribution in [0.5, 0.6) is 0 Å². The van der Waals surface area contributed by atoms with Gasteiger partial charge in [0.25, 0.3) is 11.8 Å². The molecule has 2 aromatic carbocycles. The highest BCUT2D eigenvalue weighted by Crippen LogP contribution is 2.42. The number of alkyl carbamates (subject to hydrolysis) is 2. The molecule has 25 heteroatoms. The van der Waals surface area contributed by atoms with Gasteiger partial charge in [0.15, 0.2) is 6.10 Å². The van der Waals surface area contributed by atoms with E-state index in [1.165, 1.54) is 12.1 Å². The number of halogens is 11. The van der Waals surface area contributed by atoms with Gasteiger partial charge in [0, 0.05) is 41.0 Å². The zero-order chi connectivity index (χ0) is 47.1. The Labute approximate surface area is 361 Å². The molecular formula is C37H42F10IN7O7. The van der Waals surface area contributed by atoms with Crippen molar-refractivity contribution in [3.8, 4) is 11.3 Å². The normalized spacial score (nSPS) is 14.5. The molecule has 14 nitrogen and oxygen atoms in total. The van der Waals surface area contributed by atoms with Crippen LogP contribution in [-0.2, 0) is 32.0 Å². The van der Waals surface area contributed by atoms with Gasteiger partial charge in [-0.15, -0.1) is 0 Å². The van der Waals surface area contributed by atoms with Crippen LogP contribution in [0.1, 0.15) is 45.4 Å². The maximum absolute atomic E-state index is 15.8. The Balaban J connectivity index is 2.16. The fraction of sp³-hybridized carbons (Fsp3) is 0.486. The lowest BCUT2D eigenvalue weighted by atomic mass is 9.83. The number of methoxy groups -OCH3 is 1. The maximum Gasteiger partial charge on any atom is 0.407 e. The number of hydrazine groups is 1. The van der Waals surface area contributed by atoms with Crippen molar-refractivity contribution in [2.45, 2.75) is 83.9 Å². The monoisotopic (exact) mass is 1010 g/mol. The Morgan fingerprint density at radius 1 is 0.887 bits per heavy atom. The molecule has 5 N–H and O–H groups in total. The third-order valence-corrected chi connectivity index (χ3v) is 10.4. The number of benzene rings is 2. The first-order valence-corrected chi connectivity index (χ1v) is 19.1.